The van der Waals surface area contributed by atoms with Crippen LogP contribution in [0.1, 0.15) is 11.8 Å². The van der Waals surface area contributed by atoms with Crippen molar-refractivity contribution in [1.82, 2.24) is 4.98 Å². The number of rotatable bonds is 5. The van der Waals surface area contributed by atoms with Gasteiger partial charge >= 0.3 is 0 Å². The molecule has 23 heavy (non-hydrogen) atoms. The van der Waals surface area contributed by atoms with E-state index in [9.17, 15) is 9.67 Å². The predicted molar refractivity (Wildman–Crippen MR) is 93.8 cm³/mol. The monoisotopic (exact) mass is 323 g/mol. The molecule has 0 bridgehead atoms. The Kier molecular flexibility index (Phi) is 4.71. The molecule has 116 valence electrons. The highest BCUT2D eigenvalue weighted by atomic mass is 31.2. The van der Waals surface area contributed by atoms with Gasteiger partial charge in [0.15, 0.2) is 0 Å². The van der Waals surface area contributed by atoms with Crippen molar-refractivity contribution in [3.8, 4) is 0 Å². The van der Waals surface area contributed by atoms with Crippen LogP contribution in [0.25, 0.3) is 0 Å². The number of aromatic nitrogens is 1. The third-order valence-electron chi connectivity index (χ3n) is 3.81. The molecule has 3 nitrogen and oxygen atoms in total. The number of benzene rings is 2. The Morgan fingerprint density at radius 1 is 0.826 bits per heavy atom. The lowest BCUT2D eigenvalue weighted by molar-refractivity contribution is 0.197. The van der Waals surface area contributed by atoms with Crippen LogP contribution in [0.5, 0.6) is 0 Å². The van der Waals surface area contributed by atoms with E-state index in [1.165, 1.54) is 0 Å². The highest BCUT2D eigenvalue weighted by molar-refractivity contribution is 7.78. The molecule has 3 rings (SSSR count). The van der Waals surface area contributed by atoms with E-state index >= 15 is 0 Å². The van der Waals surface area contributed by atoms with Gasteiger partial charge in [0, 0.05) is 23.0 Å². The second kappa shape index (κ2) is 6.91. The second-order valence-electron chi connectivity index (χ2n) is 5.36. The van der Waals surface area contributed by atoms with Crippen LogP contribution in [-0.2, 0) is 4.57 Å². The van der Waals surface area contributed by atoms with Crippen LogP contribution >= 0.6 is 7.14 Å². The summed E-state index contributed by atoms with van der Waals surface area (Å²) in [5.74, 6) is 0. The molecule has 0 aliphatic rings. The zero-order chi connectivity index (χ0) is 16.1. The molecule has 0 fully saturated rings. The number of aliphatic hydroxyl groups excluding tert-OH is 1. The Labute approximate surface area is 136 Å². The van der Waals surface area contributed by atoms with Crippen LogP contribution in [0, 0.1) is 0 Å². The van der Waals surface area contributed by atoms with Crippen LogP contribution in [0.3, 0.4) is 0 Å². The Morgan fingerprint density at radius 2 is 1.35 bits per heavy atom. The van der Waals surface area contributed by atoms with Crippen LogP contribution in [-0.4, -0.2) is 16.3 Å². The molecule has 0 amide bonds. The minimum atomic E-state index is -2.94. The summed E-state index contributed by atoms with van der Waals surface area (Å²) in [4.78, 5) is 4.18. The molecule has 0 radical (unpaired) electrons. The number of hydrogen-bond acceptors (Lipinski definition) is 3. The topological polar surface area (TPSA) is 50.2 Å². The summed E-state index contributed by atoms with van der Waals surface area (Å²) in [5, 5.41) is 12.0. The summed E-state index contributed by atoms with van der Waals surface area (Å²) in [5.41, 5.74) is 0.541. The summed E-state index contributed by atoms with van der Waals surface area (Å²) in [6, 6.07) is 24.1. The van der Waals surface area contributed by atoms with Crippen molar-refractivity contribution < 1.29 is 9.67 Å². The maximum atomic E-state index is 13.8. The first-order valence-electron chi connectivity index (χ1n) is 7.49. The first kappa shape index (κ1) is 15.7. The molecule has 1 heterocycles. The van der Waals surface area contributed by atoms with E-state index in [1.54, 1.807) is 18.3 Å². The van der Waals surface area contributed by atoms with E-state index < -0.39 is 13.2 Å². The maximum absolute atomic E-state index is 13.8. The van der Waals surface area contributed by atoms with Gasteiger partial charge in [-0.05, 0) is 12.1 Å². The van der Waals surface area contributed by atoms with E-state index in [4.69, 9.17) is 0 Å². The fraction of sp³-hybridized carbons (Fsp3) is 0.105. The molecule has 3 aromatic rings. The molecule has 0 spiro atoms. The van der Waals surface area contributed by atoms with Crippen molar-refractivity contribution >= 4 is 17.8 Å². The summed E-state index contributed by atoms with van der Waals surface area (Å²) in [6.07, 6.45) is 0.898. The van der Waals surface area contributed by atoms with Gasteiger partial charge in [-0.1, -0.05) is 66.7 Å². The van der Waals surface area contributed by atoms with Gasteiger partial charge in [0.1, 0.15) is 13.2 Å². The lowest BCUT2D eigenvalue weighted by atomic mass is 10.2. The molecule has 0 aliphatic carbocycles. The van der Waals surface area contributed by atoms with Gasteiger partial charge in [-0.15, -0.1) is 0 Å². The predicted octanol–water partition coefficient (Wildman–Crippen LogP) is 3.13. The smallest absolute Gasteiger partial charge is 0.146 e. The largest absolute Gasteiger partial charge is 0.386 e. The Hall–Kier alpha value is -2.22. The second-order valence-corrected chi connectivity index (χ2v) is 8.24. The highest BCUT2D eigenvalue weighted by Crippen LogP contribution is 2.46. The van der Waals surface area contributed by atoms with Gasteiger partial charge < -0.3 is 9.67 Å². The molecule has 1 atom stereocenters. The van der Waals surface area contributed by atoms with Crippen molar-refractivity contribution in [2.45, 2.75) is 6.10 Å². The molecule has 4 heteroatoms. The third kappa shape index (κ3) is 3.42. The number of nitrogens with zero attached hydrogens (tertiary/aromatic N) is 1. The minimum absolute atomic E-state index is 0.137. The van der Waals surface area contributed by atoms with Crippen molar-refractivity contribution in [2.75, 3.05) is 6.16 Å². The van der Waals surface area contributed by atoms with Gasteiger partial charge in [0.2, 0.25) is 0 Å². The quantitative estimate of drug-likeness (QED) is 0.734. The highest BCUT2D eigenvalue weighted by Gasteiger charge is 2.30. The first-order chi connectivity index (χ1) is 11.2. The normalized spacial score (nSPS) is 12.7. The summed E-state index contributed by atoms with van der Waals surface area (Å²) in [6.45, 7) is 0. The Bertz CT molecular complexity index is 748. The minimum Gasteiger partial charge on any atom is -0.386 e. The van der Waals surface area contributed by atoms with E-state index in [1.807, 2.05) is 66.7 Å². The SMILES string of the molecule is O=P(CC(O)c1ccccn1)(c1ccccc1)c1ccccc1. The fourth-order valence-corrected chi connectivity index (χ4v) is 5.31. The van der Waals surface area contributed by atoms with Gasteiger partial charge in [-0.3, -0.25) is 4.98 Å². The third-order valence-corrected chi connectivity index (χ3v) is 6.93. The van der Waals surface area contributed by atoms with Gasteiger partial charge in [0.05, 0.1) is 5.69 Å². The zero-order valence-electron chi connectivity index (χ0n) is 12.6. The standard InChI is InChI=1S/C19H18NO2P/c21-19(18-13-7-8-14-20-18)15-23(22,16-9-3-1-4-10-16)17-11-5-2-6-12-17/h1-14,19,21H,15H2. The van der Waals surface area contributed by atoms with E-state index in [-0.39, 0.29) is 6.16 Å². The molecule has 0 aliphatic heterocycles. The summed E-state index contributed by atoms with van der Waals surface area (Å²) in [7, 11) is -2.94. The zero-order valence-corrected chi connectivity index (χ0v) is 13.5. The van der Waals surface area contributed by atoms with Gasteiger partial charge in [0.25, 0.3) is 0 Å². The van der Waals surface area contributed by atoms with Crippen LogP contribution in [0.4, 0.5) is 0 Å². The van der Waals surface area contributed by atoms with Gasteiger partial charge in [-0.2, -0.15) is 0 Å². The molecule has 0 saturated carbocycles. The summed E-state index contributed by atoms with van der Waals surface area (Å²) < 4.78 is 13.8. The molecule has 1 unspecified atom stereocenters. The molecule has 1 N–H and O–H groups in total. The molecule has 0 saturated heterocycles. The van der Waals surface area contributed by atoms with Crippen molar-refractivity contribution in [3.63, 3.8) is 0 Å². The lowest BCUT2D eigenvalue weighted by Gasteiger charge is -2.22. The Balaban J connectivity index is 2.02. The average molecular weight is 323 g/mol. The van der Waals surface area contributed by atoms with Crippen LogP contribution < -0.4 is 10.6 Å². The fourth-order valence-electron chi connectivity index (χ4n) is 2.61. The van der Waals surface area contributed by atoms with Crippen molar-refractivity contribution in [3.05, 3.63) is 90.8 Å². The van der Waals surface area contributed by atoms with Crippen LogP contribution in [0.2, 0.25) is 0 Å². The van der Waals surface area contributed by atoms with E-state index in [2.05, 4.69) is 4.98 Å². The molecule has 2 aromatic carbocycles. The molecular weight excluding hydrogens is 305 g/mol. The first-order valence-corrected chi connectivity index (χ1v) is 9.39. The Morgan fingerprint density at radius 3 is 1.83 bits per heavy atom. The van der Waals surface area contributed by atoms with E-state index in [0.717, 1.165) is 10.6 Å². The van der Waals surface area contributed by atoms with Gasteiger partial charge in [-0.25, -0.2) is 0 Å². The number of pyridine rings is 1. The number of hydrogen-bond donors (Lipinski definition) is 1. The maximum Gasteiger partial charge on any atom is 0.146 e. The van der Waals surface area contributed by atoms with E-state index in [0.29, 0.717) is 5.69 Å². The van der Waals surface area contributed by atoms with Crippen molar-refractivity contribution in [1.29, 1.82) is 0 Å². The summed E-state index contributed by atoms with van der Waals surface area (Å²) >= 11 is 0. The van der Waals surface area contributed by atoms with Crippen molar-refractivity contribution in [2.24, 2.45) is 0 Å². The molecular formula is C19H18NO2P. The van der Waals surface area contributed by atoms with Crippen LogP contribution in [0.15, 0.2) is 85.1 Å². The number of aliphatic hydroxyl groups is 1. The average Bonchev–Trinajstić information content (AvgIpc) is 2.64. The molecule has 1 aromatic heterocycles. The lowest BCUT2D eigenvalue weighted by Crippen LogP contribution is -2.22.